The summed E-state index contributed by atoms with van der Waals surface area (Å²) in [6.07, 6.45) is 5.46. The number of aryl methyl sites for hydroxylation is 1. The van der Waals surface area contributed by atoms with Gasteiger partial charge in [-0.2, -0.15) is 10.0 Å². The summed E-state index contributed by atoms with van der Waals surface area (Å²) in [5.41, 5.74) is 4.54. The highest BCUT2D eigenvalue weighted by Crippen LogP contribution is 2.34. The van der Waals surface area contributed by atoms with Crippen molar-refractivity contribution in [3.63, 3.8) is 0 Å². The third kappa shape index (κ3) is 4.04. The van der Waals surface area contributed by atoms with Crippen molar-refractivity contribution in [3.8, 4) is 17.1 Å². The summed E-state index contributed by atoms with van der Waals surface area (Å²) in [4.78, 5) is 15.5. The number of hydrogen-bond acceptors (Lipinski definition) is 5. The Bertz CT molecular complexity index is 1500. The number of aromatic nitrogens is 4. The van der Waals surface area contributed by atoms with E-state index in [0.29, 0.717) is 27.0 Å². The average molecular weight is 492 g/mol. The molecule has 0 radical (unpaired) electrons. The maximum Gasteiger partial charge on any atom is 0.146 e. The lowest BCUT2D eigenvalue weighted by Crippen LogP contribution is -2.04. The molecule has 5 aromatic rings. The number of benzene rings is 2. The number of halogens is 2. The summed E-state index contributed by atoms with van der Waals surface area (Å²) >= 11 is 13.3. The van der Waals surface area contributed by atoms with E-state index in [1.165, 1.54) is 0 Å². The van der Waals surface area contributed by atoms with E-state index in [1.807, 2.05) is 72.4 Å². The van der Waals surface area contributed by atoms with Crippen LogP contribution in [0.25, 0.3) is 22.3 Å². The van der Waals surface area contributed by atoms with Gasteiger partial charge in [0.1, 0.15) is 24.4 Å². The number of nitroso groups, excluding NO2 is 1. The first-order valence-corrected chi connectivity index (χ1v) is 11.3. The predicted octanol–water partition coefficient (Wildman–Crippen LogP) is 6.67. The van der Waals surface area contributed by atoms with Crippen molar-refractivity contribution in [2.45, 2.75) is 20.1 Å². The van der Waals surface area contributed by atoms with Crippen molar-refractivity contribution < 1.29 is 4.74 Å². The summed E-state index contributed by atoms with van der Waals surface area (Å²) in [6, 6.07) is 16.9. The zero-order valence-electron chi connectivity index (χ0n) is 18.2. The van der Waals surface area contributed by atoms with Gasteiger partial charge >= 0.3 is 0 Å². The summed E-state index contributed by atoms with van der Waals surface area (Å²) < 4.78 is 9.83. The van der Waals surface area contributed by atoms with Crippen LogP contribution in [0.3, 0.4) is 0 Å². The molecule has 3 heterocycles. The Morgan fingerprint density at radius 1 is 1.03 bits per heavy atom. The number of pyridine rings is 1. The van der Waals surface area contributed by atoms with Crippen molar-refractivity contribution in [2.75, 3.05) is 0 Å². The van der Waals surface area contributed by atoms with E-state index in [4.69, 9.17) is 32.9 Å². The number of rotatable bonds is 7. The minimum atomic E-state index is 0.0391. The molecule has 3 aromatic heterocycles. The van der Waals surface area contributed by atoms with Gasteiger partial charge in [-0.1, -0.05) is 40.5 Å². The van der Waals surface area contributed by atoms with Crippen LogP contribution in [0.4, 0.5) is 0 Å². The fraction of sp³-hybridized carbons (Fsp3) is 0.120. The summed E-state index contributed by atoms with van der Waals surface area (Å²) in [6.45, 7) is 2.11. The molecule has 9 heteroatoms. The minimum Gasteiger partial charge on any atom is -0.487 e. The third-order valence-electron chi connectivity index (χ3n) is 5.52. The predicted molar refractivity (Wildman–Crippen MR) is 133 cm³/mol. The van der Waals surface area contributed by atoms with E-state index in [2.05, 4.69) is 10.3 Å². The van der Waals surface area contributed by atoms with Gasteiger partial charge in [0.15, 0.2) is 0 Å². The van der Waals surface area contributed by atoms with Gasteiger partial charge in [0.25, 0.3) is 0 Å². The van der Waals surface area contributed by atoms with Gasteiger partial charge in [0.05, 0.1) is 16.4 Å². The molecule has 7 nitrogen and oxygen atoms in total. The Morgan fingerprint density at radius 3 is 2.71 bits per heavy atom. The summed E-state index contributed by atoms with van der Waals surface area (Å²) in [5.74, 6) is 0.610. The van der Waals surface area contributed by atoms with Crippen LogP contribution in [0.5, 0.6) is 5.75 Å². The fourth-order valence-corrected chi connectivity index (χ4v) is 4.52. The number of fused-ring (bicyclic) bond motifs is 1. The van der Waals surface area contributed by atoms with Gasteiger partial charge in [-0.3, -0.25) is 0 Å². The maximum absolute atomic E-state index is 10.8. The fourth-order valence-electron chi connectivity index (χ4n) is 3.95. The molecule has 0 atom stereocenters. The van der Waals surface area contributed by atoms with E-state index in [9.17, 15) is 4.91 Å². The lowest BCUT2D eigenvalue weighted by molar-refractivity contribution is 0.309. The van der Waals surface area contributed by atoms with Gasteiger partial charge < -0.3 is 9.30 Å². The van der Waals surface area contributed by atoms with Crippen LogP contribution in [-0.2, 0) is 13.2 Å². The second kappa shape index (κ2) is 9.29. The van der Waals surface area contributed by atoms with Crippen molar-refractivity contribution >= 4 is 34.1 Å². The van der Waals surface area contributed by atoms with E-state index in [0.717, 1.165) is 28.0 Å². The first-order valence-electron chi connectivity index (χ1n) is 10.5. The van der Waals surface area contributed by atoms with Crippen molar-refractivity contribution in [3.05, 3.63) is 105 Å². The lowest BCUT2D eigenvalue weighted by Gasteiger charge is -2.16. The molecule has 34 heavy (non-hydrogen) atoms. The molecule has 0 fully saturated rings. The number of ether oxygens (including phenoxy) is 1. The van der Waals surface area contributed by atoms with Crippen molar-refractivity contribution in [1.82, 2.24) is 19.3 Å². The molecule has 0 amide bonds. The Kier molecular flexibility index (Phi) is 6.04. The molecular weight excluding hydrogens is 473 g/mol. The number of hydrogen-bond donors (Lipinski definition) is 0. The highest BCUT2D eigenvalue weighted by molar-refractivity contribution is 6.37. The average Bonchev–Trinajstić information content (AvgIpc) is 3.52. The van der Waals surface area contributed by atoms with Crippen LogP contribution < -0.4 is 4.74 Å². The van der Waals surface area contributed by atoms with Crippen molar-refractivity contribution in [1.29, 1.82) is 0 Å². The monoisotopic (exact) mass is 491 g/mol. The van der Waals surface area contributed by atoms with Crippen molar-refractivity contribution in [2.24, 2.45) is 5.18 Å². The van der Waals surface area contributed by atoms with Gasteiger partial charge in [0.2, 0.25) is 0 Å². The van der Waals surface area contributed by atoms with Crippen LogP contribution >= 0.6 is 23.2 Å². The smallest absolute Gasteiger partial charge is 0.146 e. The SMILES string of the molecule is Cc1cc(-n2cccn2)c2cccc(OCc3c(Cl)ccc(-n4cccc4CN=O)c3Cl)c2n1. The first-order chi connectivity index (χ1) is 16.6. The zero-order chi connectivity index (χ0) is 23.7. The second-order valence-corrected chi connectivity index (χ2v) is 8.48. The van der Waals surface area contributed by atoms with Gasteiger partial charge in [-0.15, -0.1) is 0 Å². The number of para-hydroxylation sites is 1. The normalized spacial score (nSPS) is 11.1. The van der Waals surface area contributed by atoms with Crippen LogP contribution in [0.2, 0.25) is 10.0 Å². The maximum atomic E-state index is 10.8. The molecule has 0 aliphatic heterocycles. The molecular formula is C25H19Cl2N5O2. The highest BCUT2D eigenvalue weighted by Gasteiger charge is 2.16. The van der Waals surface area contributed by atoms with E-state index in [-0.39, 0.29) is 13.2 Å². The van der Waals surface area contributed by atoms with E-state index < -0.39 is 0 Å². The molecule has 0 bridgehead atoms. The van der Waals surface area contributed by atoms with Crippen LogP contribution in [0.15, 0.2) is 78.4 Å². The Morgan fingerprint density at radius 2 is 1.91 bits per heavy atom. The highest BCUT2D eigenvalue weighted by atomic mass is 35.5. The Labute approximate surface area is 205 Å². The topological polar surface area (TPSA) is 74.3 Å². The van der Waals surface area contributed by atoms with Gasteiger partial charge in [-0.25, -0.2) is 9.67 Å². The molecule has 0 aliphatic rings. The Hall–Kier alpha value is -3.68. The molecule has 5 rings (SSSR count). The van der Waals surface area contributed by atoms with Gasteiger partial charge in [0, 0.05) is 46.0 Å². The first kappa shape index (κ1) is 22.1. The molecule has 0 spiro atoms. The third-order valence-corrected chi connectivity index (χ3v) is 6.29. The molecule has 0 unspecified atom stereocenters. The van der Waals surface area contributed by atoms with Crippen LogP contribution in [-0.4, -0.2) is 19.3 Å². The standard InChI is InChI=1S/C25H19Cl2N5O2/c1-16-13-22(32-12-4-10-28-32)18-6-2-7-23(25(18)30-16)34-15-19-20(26)8-9-21(24(19)27)31-11-3-5-17(31)14-29-33/h2-13H,14-15H2,1H3. The largest absolute Gasteiger partial charge is 0.487 e. The number of nitrogens with zero attached hydrogens (tertiary/aromatic N) is 5. The molecule has 0 saturated heterocycles. The van der Waals surface area contributed by atoms with Gasteiger partial charge in [-0.05, 0) is 49.4 Å². The lowest BCUT2D eigenvalue weighted by atomic mass is 10.1. The molecule has 2 aromatic carbocycles. The summed E-state index contributed by atoms with van der Waals surface area (Å²) in [7, 11) is 0. The molecule has 0 N–H and O–H groups in total. The quantitative estimate of drug-likeness (QED) is 0.238. The van der Waals surface area contributed by atoms with Crippen LogP contribution in [0, 0.1) is 11.8 Å². The minimum absolute atomic E-state index is 0.0391. The summed E-state index contributed by atoms with van der Waals surface area (Å²) in [5, 5.41) is 9.20. The second-order valence-electron chi connectivity index (χ2n) is 7.69. The molecule has 0 saturated carbocycles. The molecule has 170 valence electrons. The van der Waals surface area contributed by atoms with E-state index >= 15 is 0 Å². The Balaban J connectivity index is 1.52. The van der Waals surface area contributed by atoms with E-state index in [1.54, 1.807) is 16.9 Å². The molecule has 0 aliphatic carbocycles. The van der Waals surface area contributed by atoms with Crippen LogP contribution in [0.1, 0.15) is 17.0 Å². The zero-order valence-corrected chi connectivity index (χ0v) is 19.7.